The van der Waals surface area contributed by atoms with Crippen LogP contribution < -0.4 is 5.32 Å². The van der Waals surface area contributed by atoms with Gasteiger partial charge in [-0.25, -0.2) is 0 Å². The third-order valence-corrected chi connectivity index (χ3v) is 3.20. The Kier molecular flexibility index (Phi) is 5.86. The minimum atomic E-state index is -0.226. The number of thiophene rings is 1. The van der Waals surface area contributed by atoms with Gasteiger partial charge in [-0.05, 0) is 24.8 Å². The summed E-state index contributed by atoms with van der Waals surface area (Å²) in [6.07, 6.45) is 1.25. The van der Waals surface area contributed by atoms with Crippen LogP contribution in [0.15, 0.2) is 17.5 Å². The highest BCUT2D eigenvalue weighted by atomic mass is 32.1. The molecule has 1 heterocycles. The average molecular weight is 255 g/mol. The van der Waals surface area contributed by atoms with Crippen LogP contribution in [0.3, 0.4) is 0 Å². The number of aliphatic hydroxyl groups excluding tert-OH is 1. The summed E-state index contributed by atoms with van der Waals surface area (Å²) < 4.78 is 0. The van der Waals surface area contributed by atoms with E-state index in [1.54, 1.807) is 13.0 Å². The van der Waals surface area contributed by atoms with Crippen molar-refractivity contribution in [1.29, 1.82) is 0 Å². The highest BCUT2D eigenvalue weighted by Gasteiger charge is 2.09. The SMILES string of the molecule is C[C@@H](CO)NC(=O)CCCC(=O)c1cccs1. The Balaban J connectivity index is 2.20. The summed E-state index contributed by atoms with van der Waals surface area (Å²) >= 11 is 1.42. The molecule has 94 valence electrons. The summed E-state index contributed by atoms with van der Waals surface area (Å²) in [5, 5.41) is 13.3. The Morgan fingerprint density at radius 1 is 1.47 bits per heavy atom. The number of carbonyl (C=O) groups excluding carboxylic acids is 2. The quantitative estimate of drug-likeness (QED) is 0.727. The standard InChI is InChI=1S/C12H17NO3S/c1-9(8-14)13-12(16)6-2-4-10(15)11-5-3-7-17-11/h3,5,7,9,14H,2,4,6,8H2,1H3,(H,13,16)/t9-/m0/s1. The summed E-state index contributed by atoms with van der Waals surface area (Å²) in [5.41, 5.74) is 0. The zero-order valence-corrected chi connectivity index (χ0v) is 10.6. The van der Waals surface area contributed by atoms with Crippen molar-refractivity contribution in [1.82, 2.24) is 5.32 Å². The van der Waals surface area contributed by atoms with Gasteiger partial charge in [0.2, 0.25) is 5.91 Å². The fourth-order valence-electron chi connectivity index (χ4n) is 1.36. The van der Waals surface area contributed by atoms with Crippen molar-refractivity contribution in [2.45, 2.75) is 32.2 Å². The van der Waals surface area contributed by atoms with Crippen molar-refractivity contribution in [2.24, 2.45) is 0 Å². The molecule has 0 saturated heterocycles. The molecule has 1 amide bonds. The van der Waals surface area contributed by atoms with E-state index in [2.05, 4.69) is 5.32 Å². The maximum atomic E-state index is 11.6. The number of hydrogen-bond donors (Lipinski definition) is 2. The molecule has 0 bridgehead atoms. The Morgan fingerprint density at radius 3 is 2.82 bits per heavy atom. The van der Waals surface area contributed by atoms with E-state index in [9.17, 15) is 9.59 Å². The summed E-state index contributed by atoms with van der Waals surface area (Å²) in [6.45, 7) is 1.66. The molecular weight excluding hydrogens is 238 g/mol. The molecule has 0 fully saturated rings. The number of carbonyl (C=O) groups is 2. The fourth-order valence-corrected chi connectivity index (χ4v) is 2.06. The number of rotatable bonds is 7. The minimum Gasteiger partial charge on any atom is -0.394 e. The minimum absolute atomic E-state index is 0.0696. The van der Waals surface area contributed by atoms with Crippen LogP contribution >= 0.6 is 11.3 Å². The van der Waals surface area contributed by atoms with Crippen LogP contribution in [0.5, 0.6) is 0 Å². The Labute approximate surface area is 105 Å². The lowest BCUT2D eigenvalue weighted by molar-refractivity contribution is -0.122. The zero-order valence-electron chi connectivity index (χ0n) is 9.81. The molecule has 4 nitrogen and oxygen atoms in total. The first-order chi connectivity index (χ1) is 8.13. The van der Waals surface area contributed by atoms with Gasteiger partial charge in [0.25, 0.3) is 0 Å². The predicted octanol–water partition coefficient (Wildman–Crippen LogP) is 1.60. The second-order valence-electron chi connectivity index (χ2n) is 3.91. The first kappa shape index (κ1) is 13.9. The van der Waals surface area contributed by atoms with E-state index >= 15 is 0 Å². The first-order valence-corrected chi connectivity index (χ1v) is 6.48. The summed E-state index contributed by atoms with van der Waals surface area (Å²) in [6, 6.07) is 3.41. The number of hydrogen-bond acceptors (Lipinski definition) is 4. The van der Waals surface area contributed by atoms with E-state index in [1.165, 1.54) is 11.3 Å². The van der Waals surface area contributed by atoms with Gasteiger partial charge in [-0.3, -0.25) is 9.59 Å². The van der Waals surface area contributed by atoms with Crippen LogP contribution in [0.4, 0.5) is 0 Å². The molecule has 1 rings (SSSR count). The highest BCUT2D eigenvalue weighted by molar-refractivity contribution is 7.12. The molecule has 0 aliphatic rings. The maximum Gasteiger partial charge on any atom is 0.220 e. The van der Waals surface area contributed by atoms with Crippen LogP contribution in [0, 0.1) is 0 Å². The van der Waals surface area contributed by atoms with Gasteiger partial charge in [-0.2, -0.15) is 0 Å². The van der Waals surface area contributed by atoms with Gasteiger partial charge in [-0.1, -0.05) is 6.07 Å². The number of nitrogens with one attached hydrogen (secondary N) is 1. The van der Waals surface area contributed by atoms with Crippen molar-refractivity contribution < 1.29 is 14.7 Å². The van der Waals surface area contributed by atoms with E-state index in [0.717, 1.165) is 4.88 Å². The molecule has 0 aliphatic carbocycles. The Bertz CT molecular complexity index is 362. The highest BCUT2D eigenvalue weighted by Crippen LogP contribution is 2.12. The van der Waals surface area contributed by atoms with Crippen molar-refractivity contribution in [3.05, 3.63) is 22.4 Å². The van der Waals surface area contributed by atoms with Gasteiger partial charge in [-0.15, -0.1) is 11.3 Å². The lowest BCUT2D eigenvalue weighted by Crippen LogP contribution is -2.34. The molecule has 5 heteroatoms. The molecular formula is C12H17NO3S. The lowest BCUT2D eigenvalue weighted by atomic mass is 10.1. The molecule has 0 aliphatic heterocycles. The number of aliphatic hydroxyl groups is 1. The Hall–Kier alpha value is -1.20. The van der Waals surface area contributed by atoms with Crippen molar-refractivity contribution >= 4 is 23.0 Å². The largest absolute Gasteiger partial charge is 0.394 e. The predicted molar refractivity (Wildman–Crippen MR) is 67.2 cm³/mol. The fraction of sp³-hybridized carbons (Fsp3) is 0.500. The van der Waals surface area contributed by atoms with Crippen LogP contribution in [0.1, 0.15) is 35.9 Å². The summed E-state index contributed by atoms with van der Waals surface area (Å²) in [4.78, 5) is 23.7. The second-order valence-corrected chi connectivity index (χ2v) is 4.85. The molecule has 0 aromatic carbocycles. The normalized spacial score (nSPS) is 12.1. The monoisotopic (exact) mass is 255 g/mol. The zero-order chi connectivity index (χ0) is 12.7. The molecule has 1 aromatic rings. The van der Waals surface area contributed by atoms with E-state index in [1.807, 2.05) is 11.4 Å². The van der Waals surface area contributed by atoms with Gasteiger partial charge in [0.15, 0.2) is 5.78 Å². The third kappa shape index (κ3) is 5.10. The number of amides is 1. The summed E-state index contributed by atoms with van der Waals surface area (Å²) in [5.74, 6) is -0.0338. The van der Waals surface area contributed by atoms with Crippen molar-refractivity contribution in [2.75, 3.05) is 6.61 Å². The third-order valence-electron chi connectivity index (χ3n) is 2.28. The van der Waals surface area contributed by atoms with Crippen LogP contribution in [-0.2, 0) is 4.79 Å². The van der Waals surface area contributed by atoms with Crippen LogP contribution in [0.2, 0.25) is 0 Å². The summed E-state index contributed by atoms with van der Waals surface area (Å²) in [7, 11) is 0. The van der Waals surface area contributed by atoms with Crippen molar-refractivity contribution in [3.63, 3.8) is 0 Å². The van der Waals surface area contributed by atoms with E-state index in [-0.39, 0.29) is 24.3 Å². The molecule has 0 spiro atoms. The topological polar surface area (TPSA) is 66.4 Å². The van der Waals surface area contributed by atoms with E-state index < -0.39 is 0 Å². The number of ketones is 1. The van der Waals surface area contributed by atoms with Crippen molar-refractivity contribution in [3.8, 4) is 0 Å². The lowest BCUT2D eigenvalue weighted by Gasteiger charge is -2.09. The van der Waals surface area contributed by atoms with E-state index in [0.29, 0.717) is 19.3 Å². The van der Waals surface area contributed by atoms with Gasteiger partial charge in [0.05, 0.1) is 11.5 Å². The number of Topliss-reactive ketones (excluding diaryl/α,β-unsaturated/α-hetero) is 1. The second kappa shape index (κ2) is 7.19. The molecule has 0 unspecified atom stereocenters. The molecule has 2 N–H and O–H groups in total. The Morgan fingerprint density at radius 2 is 2.24 bits per heavy atom. The maximum absolute atomic E-state index is 11.6. The van der Waals surface area contributed by atoms with Gasteiger partial charge >= 0.3 is 0 Å². The van der Waals surface area contributed by atoms with E-state index in [4.69, 9.17) is 5.11 Å². The average Bonchev–Trinajstić information content (AvgIpc) is 2.82. The molecule has 0 radical (unpaired) electrons. The first-order valence-electron chi connectivity index (χ1n) is 5.60. The molecule has 17 heavy (non-hydrogen) atoms. The van der Waals surface area contributed by atoms with Crippen LogP contribution in [0.25, 0.3) is 0 Å². The van der Waals surface area contributed by atoms with Gasteiger partial charge in [0, 0.05) is 18.9 Å². The molecule has 0 saturated carbocycles. The smallest absolute Gasteiger partial charge is 0.220 e. The van der Waals surface area contributed by atoms with Gasteiger partial charge in [0.1, 0.15) is 0 Å². The van der Waals surface area contributed by atoms with Gasteiger partial charge < -0.3 is 10.4 Å². The van der Waals surface area contributed by atoms with Crippen LogP contribution in [-0.4, -0.2) is 29.4 Å². The molecule has 1 atom stereocenters. The molecule has 1 aromatic heterocycles.